The van der Waals surface area contributed by atoms with Gasteiger partial charge in [-0.2, -0.15) is 0 Å². The van der Waals surface area contributed by atoms with Gasteiger partial charge in [0, 0.05) is 58.8 Å². The van der Waals surface area contributed by atoms with Crippen LogP contribution in [0.25, 0.3) is 0 Å². The Morgan fingerprint density at radius 1 is 0.833 bits per heavy atom. The monoisotopic (exact) mass is 254 g/mol. The molecule has 0 saturated carbocycles. The van der Waals surface area contributed by atoms with E-state index >= 15 is 0 Å². The molecule has 1 saturated heterocycles. The average molecular weight is 254 g/mol. The highest BCUT2D eigenvalue weighted by molar-refractivity contribution is 5.01. The van der Waals surface area contributed by atoms with Crippen molar-refractivity contribution in [3.63, 3.8) is 0 Å². The third kappa shape index (κ3) is 8.45. The molecule has 0 atom stereocenters. The summed E-state index contributed by atoms with van der Waals surface area (Å²) in [4.78, 5) is 2.35. The first kappa shape index (κ1) is 15.4. The molecule has 0 amide bonds. The Morgan fingerprint density at radius 2 is 1.39 bits per heavy atom. The number of rotatable bonds is 2. The van der Waals surface area contributed by atoms with Gasteiger partial charge >= 0.3 is 0 Å². The van der Waals surface area contributed by atoms with Gasteiger partial charge in [0.2, 0.25) is 0 Å². The van der Waals surface area contributed by atoms with Gasteiger partial charge in [-0.25, -0.2) is 0 Å². The maximum atomic E-state index is 8.67. The number of aliphatic hydroxyl groups excluding tert-OH is 1. The summed E-state index contributed by atoms with van der Waals surface area (Å²) in [5.41, 5.74) is 0. The lowest BCUT2D eigenvalue weighted by atomic mass is 10.4. The Bertz CT molecular complexity index is 237. The molecule has 18 heavy (non-hydrogen) atoms. The van der Waals surface area contributed by atoms with Crippen molar-refractivity contribution in [2.75, 3.05) is 65.5 Å². The van der Waals surface area contributed by atoms with Crippen LogP contribution < -0.4 is 16.0 Å². The Balaban J connectivity index is 2.25. The molecular weight excluding hydrogens is 228 g/mol. The van der Waals surface area contributed by atoms with E-state index in [2.05, 4.69) is 32.7 Å². The van der Waals surface area contributed by atoms with Gasteiger partial charge in [-0.15, -0.1) is 0 Å². The van der Waals surface area contributed by atoms with Crippen LogP contribution in [0, 0.1) is 11.8 Å². The fraction of sp³-hybridized carbons (Fsp3) is 0.846. The van der Waals surface area contributed by atoms with E-state index in [-0.39, 0.29) is 6.61 Å². The van der Waals surface area contributed by atoms with E-state index in [1.165, 1.54) is 0 Å². The second kappa shape index (κ2) is 11.5. The molecule has 4 N–H and O–H groups in total. The van der Waals surface area contributed by atoms with Gasteiger partial charge in [-0.3, -0.25) is 4.90 Å². The Hall–Kier alpha value is -0.640. The van der Waals surface area contributed by atoms with E-state index in [9.17, 15) is 0 Å². The largest absolute Gasteiger partial charge is 0.395 e. The zero-order valence-corrected chi connectivity index (χ0v) is 11.2. The van der Waals surface area contributed by atoms with E-state index < -0.39 is 0 Å². The minimum Gasteiger partial charge on any atom is -0.395 e. The maximum absolute atomic E-state index is 8.67. The van der Waals surface area contributed by atoms with Crippen LogP contribution >= 0.6 is 0 Å². The van der Waals surface area contributed by atoms with Crippen LogP contribution in [-0.4, -0.2) is 75.5 Å². The van der Waals surface area contributed by atoms with Crippen LogP contribution in [0.4, 0.5) is 0 Å². The molecular formula is C13H26N4O. The molecule has 0 aliphatic carbocycles. The van der Waals surface area contributed by atoms with Gasteiger partial charge in [0.1, 0.15) is 0 Å². The van der Waals surface area contributed by atoms with E-state index in [0.717, 1.165) is 58.9 Å². The summed E-state index contributed by atoms with van der Waals surface area (Å²) in [6, 6.07) is 0. The molecule has 1 aliphatic rings. The van der Waals surface area contributed by atoms with E-state index in [1.807, 2.05) is 0 Å². The topological polar surface area (TPSA) is 59.6 Å². The molecule has 104 valence electrons. The summed E-state index contributed by atoms with van der Waals surface area (Å²) >= 11 is 0. The molecule has 0 aromatic heterocycles. The second-order valence-corrected chi connectivity index (χ2v) is 4.35. The maximum Gasteiger partial charge on any atom is 0.0602 e. The van der Waals surface area contributed by atoms with E-state index in [0.29, 0.717) is 6.42 Å². The highest BCUT2D eigenvalue weighted by Crippen LogP contribution is 1.86. The lowest BCUT2D eigenvalue weighted by Crippen LogP contribution is -2.41. The molecule has 1 aliphatic heterocycles. The third-order valence-electron chi connectivity index (χ3n) is 2.83. The van der Waals surface area contributed by atoms with Gasteiger partial charge in [-0.05, 0) is 0 Å². The lowest BCUT2D eigenvalue weighted by Gasteiger charge is -2.21. The predicted octanol–water partition coefficient (Wildman–Crippen LogP) is -1.54. The molecule has 0 aromatic rings. The van der Waals surface area contributed by atoms with Crippen molar-refractivity contribution in [3.8, 4) is 11.8 Å². The highest BCUT2D eigenvalue weighted by atomic mass is 16.2. The zero-order valence-electron chi connectivity index (χ0n) is 11.2. The van der Waals surface area contributed by atoms with Crippen molar-refractivity contribution in [2.24, 2.45) is 0 Å². The summed E-state index contributed by atoms with van der Waals surface area (Å²) in [6.07, 6.45) is 0.579. The average Bonchev–Trinajstić information content (AvgIpc) is 2.37. The minimum atomic E-state index is 0.156. The number of aliphatic hydroxyl groups is 1. The fourth-order valence-corrected chi connectivity index (χ4v) is 1.78. The van der Waals surface area contributed by atoms with Crippen molar-refractivity contribution in [1.29, 1.82) is 0 Å². The van der Waals surface area contributed by atoms with Gasteiger partial charge in [0.25, 0.3) is 0 Å². The van der Waals surface area contributed by atoms with Crippen molar-refractivity contribution in [2.45, 2.75) is 6.42 Å². The van der Waals surface area contributed by atoms with Gasteiger partial charge < -0.3 is 21.1 Å². The van der Waals surface area contributed by atoms with Gasteiger partial charge in [-0.1, -0.05) is 11.8 Å². The molecule has 5 nitrogen and oxygen atoms in total. The second-order valence-electron chi connectivity index (χ2n) is 4.35. The Kier molecular flexibility index (Phi) is 9.81. The first-order chi connectivity index (χ1) is 8.93. The Morgan fingerprint density at radius 3 is 1.94 bits per heavy atom. The van der Waals surface area contributed by atoms with Crippen molar-refractivity contribution < 1.29 is 5.11 Å². The molecule has 0 radical (unpaired) electrons. The van der Waals surface area contributed by atoms with Gasteiger partial charge in [0.15, 0.2) is 0 Å². The van der Waals surface area contributed by atoms with Crippen LogP contribution in [0.3, 0.4) is 0 Å². The number of nitrogens with one attached hydrogen (secondary N) is 3. The van der Waals surface area contributed by atoms with Crippen LogP contribution in [-0.2, 0) is 0 Å². The predicted molar refractivity (Wildman–Crippen MR) is 74.5 cm³/mol. The van der Waals surface area contributed by atoms with Crippen LogP contribution in [0.15, 0.2) is 0 Å². The van der Waals surface area contributed by atoms with E-state index in [4.69, 9.17) is 5.11 Å². The lowest BCUT2D eigenvalue weighted by molar-refractivity contribution is 0.299. The zero-order chi connectivity index (χ0) is 12.9. The van der Waals surface area contributed by atoms with Crippen LogP contribution in [0.2, 0.25) is 0 Å². The molecule has 0 spiro atoms. The third-order valence-corrected chi connectivity index (χ3v) is 2.83. The molecule has 1 heterocycles. The highest BCUT2D eigenvalue weighted by Gasteiger charge is 2.03. The molecule has 0 unspecified atom stereocenters. The van der Waals surface area contributed by atoms with Crippen molar-refractivity contribution in [1.82, 2.24) is 20.9 Å². The summed E-state index contributed by atoms with van der Waals surface area (Å²) < 4.78 is 0. The molecule has 0 aromatic carbocycles. The quantitative estimate of drug-likeness (QED) is 0.450. The normalized spacial score (nSPS) is 20.3. The van der Waals surface area contributed by atoms with E-state index in [1.54, 1.807) is 0 Å². The van der Waals surface area contributed by atoms with Crippen LogP contribution in [0.5, 0.6) is 0 Å². The Labute approximate surface area is 110 Å². The first-order valence-electron chi connectivity index (χ1n) is 6.84. The molecule has 5 heteroatoms. The van der Waals surface area contributed by atoms with Crippen molar-refractivity contribution in [3.05, 3.63) is 0 Å². The fourth-order valence-electron chi connectivity index (χ4n) is 1.78. The number of hydrogen-bond donors (Lipinski definition) is 4. The standard InChI is InChI=1S/C13H26N4O/c18-13-3-1-2-10-17-11-8-15-6-4-14-5-7-16-9-12-17/h14-16,18H,3-13H2. The minimum absolute atomic E-state index is 0.156. The first-order valence-corrected chi connectivity index (χ1v) is 6.84. The summed E-state index contributed by atoms with van der Waals surface area (Å²) in [5.74, 6) is 6.09. The molecule has 1 rings (SSSR count). The summed E-state index contributed by atoms with van der Waals surface area (Å²) in [7, 11) is 0. The SMILES string of the molecule is OCCC#CCN1CCNCCNCCNCC1. The van der Waals surface area contributed by atoms with Crippen molar-refractivity contribution >= 4 is 0 Å². The van der Waals surface area contributed by atoms with Gasteiger partial charge in [0.05, 0.1) is 13.2 Å². The molecule has 0 bridgehead atoms. The summed E-state index contributed by atoms with van der Waals surface area (Å²) in [5, 5.41) is 18.9. The number of nitrogens with zero attached hydrogens (tertiary/aromatic N) is 1. The molecule has 1 fully saturated rings. The van der Waals surface area contributed by atoms with Crippen LogP contribution in [0.1, 0.15) is 6.42 Å². The smallest absolute Gasteiger partial charge is 0.0602 e. The summed E-state index contributed by atoms with van der Waals surface area (Å²) in [6.45, 7) is 9.09. The number of hydrogen-bond acceptors (Lipinski definition) is 5.